The summed E-state index contributed by atoms with van der Waals surface area (Å²) < 4.78 is 10.9. The molecule has 0 aliphatic rings. The molecular formula is C13H18N2O2. The van der Waals surface area contributed by atoms with Crippen LogP contribution in [0.5, 0.6) is 11.5 Å². The van der Waals surface area contributed by atoms with E-state index in [4.69, 9.17) is 14.7 Å². The van der Waals surface area contributed by atoms with E-state index in [1.165, 1.54) is 0 Å². The Bertz CT molecular complexity index is 385. The third kappa shape index (κ3) is 4.23. The highest BCUT2D eigenvalue weighted by Crippen LogP contribution is 2.29. The lowest BCUT2D eigenvalue weighted by Gasteiger charge is -2.13. The molecule has 0 bridgehead atoms. The second-order valence-corrected chi connectivity index (χ2v) is 3.36. The normalized spacial score (nSPS) is 9.47. The second kappa shape index (κ2) is 7.39. The first kappa shape index (κ1) is 13.2. The Labute approximate surface area is 102 Å². The van der Waals surface area contributed by atoms with E-state index in [1.54, 1.807) is 0 Å². The Morgan fingerprint density at radius 1 is 1.24 bits per heavy atom. The van der Waals surface area contributed by atoms with Crippen LogP contribution in [0.25, 0.3) is 0 Å². The minimum Gasteiger partial charge on any atom is -0.494 e. The number of hydrogen-bond donors (Lipinski definition) is 1. The van der Waals surface area contributed by atoms with Crippen molar-refractivity contribution in [2.45, 2.75) is 20.3 Å². The molecule has 0 amide bonds. The minimum atomic E-state index is 0.463. The average molecular weight is 234 g/mol. The van der Waals surface area contributed by atoms with Gasteiger partial charge in [-0.2, -0.15) is 5.26 Å². The minimum absolute atomic E-state index is 0.463. The lowest BCUT2D eigenvalue weighted by atomic mass is 10.2. The quantitative estimate of drug-likeness (QED) is 0.737. The number of nitriles is 1. The Kier molecular flexibility index (Phi) is 5.73. The molecule has 17 heavy (non-hydrogen) atoms. The summed E-state index contributed by atoms with van der Waals surface area (Å²) in [6.07, 6.45) is 0.463. The third-order valence-corrected chi connectivity index (χ3v) is 2.11. The van der Waals surface area contributed by atoms with Gasteiger partial charge in [0.1, 0.15) is 11.5 Å². The molecule has 0 aliphatic carbocycles. The molecule has 1 aromatic carbocycles. The van der Waals surface area contributed by atoms with Crippen LogP contribution in [0.4, 0.5) is 5.69 Å². The molecule has 0 heterocycles. The zero-order valence-electron chi connectivity index (χ0n) is 10.3. The SMILES string of the molecule is CCOc1ccc(OCC)c(NCCC#N)c1. The number of benzene rings is 1. The van der Waals surface area contributed by atoms with Crippen LogP contribution in [-0.2, 0) is 0 Å². The van der Waals surface area contributed by atoms with E-state index in [2.05, 4.69) is 11.4 Å². The van der Waals surface area contributed by atoms with Crippen LogP contribution in [0.3, 0.4) is 0 Å². The van der Waals surface area contributed by atoms with Gasteiger partial charge in [0, 0.05) is 12.6 Å². The Morgan fingerprint density at radius 2 is 2.00 bits per heavy atom. The van der Waals surface area contributed by atoms with Gasteiger partial charge < -0.3 is 14.8 Å². The van der Waals surface area contributed by atoms with Gasteiger partial charge in [0.2, 0.25) is 0 Å². The zero-order valence-corrected chi connectivity index (χ0v) is 10.3. The molecule has 0 unspecified atom stereocenters. The van der Waals surface area contributed by atoms with Crippen LogP contribution in [0.15, 0.2) is 18.2 Å². The van der Waals surface area contributed by atoms with E-state index in [0.29, 0.717) is 26.2 Å². The predicted molar refractivity (Wildman–Crippen MR) is 67.5 cm³/mol. The highest BCUT2D eigenvalue weighted by molar-refractivity contribution is 5.59. The maximum absolute atomic E-state index is 8.51. The predicted octanol–water partition coefficient (Wildman–Crippen LogP) is 2.81. The van der Waals surface area contributed by atoms with Gasteiger partial charge in [-0.15, -0.1) is 0 Å². The van der Waals surface area contributed by atoms with Crippen molar-refractivity contribution < 1.29 is 9.47 Å². The number of nitrogens with one attached hydrogen (secondary N) is 1. The fraction of sp³-hybridized carbons (Fsp3) is 0.462. The molecule has 1 rings (SSSR count). The van der Waals surface area contributed by atoms with Crippen LogP contribution in [0.1, 0.15) is 20.3 Å². The number of nitrogens with zero attached hydrogens (tertiary/aromatic N) is 1. The van der Waals surface area contributed by atoms with Crippen molar-refractivity contribution in [3.63, 3.8) is 0 Å². The van der Waals surface area contributed by atoms with E-state index < -0.39 is 0 Å². The maximum Gasteiger partial charge on any atom is 0.142 e. The van der Waals surface area contributed by atoms with Crippen molar-refractivity contribution >= 4 is 5.69 Å². The molecule has 0 aromatic heterocycles. The largest absolute Gasteiger partial charge is 0.494 e. The van der Waals surface area contributed by atoms with Gasteiger partial charge in [-0.05, 0) is 26.0 Å². The fourth-order valence-corrected chi connectivity index (χ4v) is 1.44. The molecule has 1 N–H and O–H groups in total. The van der Waals surface area contributed by atoms with Crippen molar-refractivity contribution in [1.82, 2.24) is 0 Å². The molecule has 0 spiro atoms. The van der Waals surface area contributed by atoms with Crippen molar-refractivity contribution in [3.05, 3.63) is 18.2 Å². The molecule has 0 aliphatic heterocycles. The first-order chi connectivity index (χ1) is 8.31. The van der Waals surface area contributed by atoms with Crippen molar-refractivity contribution in [1.29, 1.82) is 5.26 Å². The van der Waals surface area contributed by atoms with E-state index in [-0.39, 0.29) is 0 Å². The van der Waals surface area contributed by atoms with Crippen molar-refractivity contribution in [2.24, 2.45) is 0 Å². The topological polar surface area (TPSA) is 54.3 Å². The smallest absolute Gasteiger partial charge is 0.142 e. The summed E-state index contributed by atoms with van der Waals surface area (Å²) in [5.74, 6) is 1.59. The summed E-state index contributed by atoms with van der Waals surface area (Å²) in [5, 5.41) is 11.7. The third-order valence-electron chi connectivity index (χ3n) is 2.11. The standard InChI is InChI=1S/C13H18N2O2/c1-3-16-11-6-7-13(17-4-2)12(10-11)15-9-5-8-14/h6-7,10,15H,3-5,9H2,1-2H3. The van der Waals surface area contributed by atoms with Gasteiger partial charge in [-0.25, -0.2) is 0 Å². The monoisotopic (exact) mass is 234 g/mol. The highest BCUT2D eigenvalue weighted by atomic mass is 16.5. The van der Waals surface area contributed by atoms with Crippen molar-refractivity contribution in [3.8, 4) is 17.6 Å². The van der Waals surface area contributed by atoms with Crippen LogP contribution >= 0.6 is 0 Å². The fourth-order valence-electron chi connectivity index (χ4n) is 1.44. The van der Waals surface area contributed by atoms with E-state index in [0.717, 1.165) is 17.2 Å². The molecule has 0 saturated carbocycles. The number of hydrogen-bond acceptors (Lipinski definition) is 4. The van der Waals surface area contributed by atoms with Crippen molar-refractivity contribution in [2.75, 3.05) is 25.1 Å². The summed E-state index contributed by atoms with van der Waals surface area (Å²) >= 11 is 0. The molecule has 4 heteroatoms. The first-order valence-corrected chi connectivity index (χ1v) is 5.82. The highest BCUT2D eigenvalue weighted by Gasteiger charge is 2.05. The summed E-state index contributed by atoms with van der Waals surface area (Å²) in [7, 11) is 0. The van der Waals surface area contributed by atoms with Gasteiger partial charge in [-0.3, -0.25) is 0 Å². The Morgan fingerprint density at radius 3 is 2.65 bits per heavy atom. The van der Waals surface area contributed by atoms with Gasteiger partial charge >= 0.3 is 0 Å². The van der Waals surface area contributed by atoms with Crippen LogP contribution < -0.4 is 14.8 Å². The van der Waals surface area contributed by atoms with Gasteiger partial charge in [-0.1, -0.05) is 0 Å². The number of anilines is 1. The summed E-state index contributed by atoms with van der Waals surface area (Å²) in [5.41, 5.74) is 0.869. The Balaban J connectivity index is 2.78. The van der Waals surface area contributed by atoms with Crippen LogP contribution in [-0.4, -0.2) is 19.8 Å². The molecule has 0 saturated heterocycles. The van der Waals surface area contributed by atoms with Gasteiger partial charge in [0.05, 0.1) is 31.4 Å². The molecule has 92 valence electrons. The summed E-state index contributed by atoms with van der Waals surface area (Å²) in [6, 6.07) is 7.75. The number of rotatable bonds is 7. The molecular weight excluding hydrogens is 216 g/mol. The first-order valence-electron chi connectivity index (χ1n) is 5.82. The Hall–Kier alpha value is -1.89. The number of ether oxygens (including phenoxy) is 2. The lowest BCUT2D eigenvalue weighted by Crippen LogP contribution is -2.04. The van der Waals surface area contributed by atoms with Crippen LogP contribution in [0.2, 0.25) is 0 Å². The van der Waals surface area contributed by atoms with E-state index >= 15 is 0 Å². The van der Waals surface area contributed by atoms with E-state index in [1.807, 2.05) is 32.0 Å². The van der Waals surface area contributed by atoms with E-state index in [9.17, 15) is 0 Å². The molecule has 0 atom stereocenters. The molecule has 0 fully saturated rings. The summed E-state index contributed by atoms with van der Waals surface area (Å²) in [6.45, 7) is 5.73. The van der Waals surface area contributed by atoms with Gasteiger partial charge in [0.15, 0.2) is 0 Å². The molecule has 0 radical (unpaired) electrons. The molecule has 4 nitrogen and oxygen atoms in total. The molecule has 1 aromatic rings. The van der Waals surface area contributed by atoms with Crippen LogP contribution in [0, 0.1) is 11.3 Å². The maximum atomic E-state index is 8.51. The zero-order chi connectivity index (χ0) is 12.5. The lowest BCUT2D eigenvalue weighted by molar-refractivity contribution is 0.332. The van der Waals surface area contributed by atoms with Gasteiger partial charge in [0.25, 0.3) is 0 Å². The summed E-state index contributed by atoms with van der Waals surface area (Å²) in [4.78, 5) is 0. The average Bonchev–Trinajstić information content (AvgIpc) is 2.33. The second-order valence-electron chi connectivity index (χ2n) is 3.36.